The summed E-state index contributed by atoms with van der Waals surface area (Å²) in [6, 6.07) is 6.18. The largest absolute Gasteiger partial charge is 0.475 e. The second-order valence-electron chi connectivity index (χ2n) is 7.42. The summed E-state index contributed by atoms with van der Waals surface area (Å²) in [5.41, 5.74) is 7.00. The second kappa shape index (κ2) is 13.0. The fourth-order valence-electron chi connectivity index (χ4n) is 2.77. The van der Waals surface area contributed by atoms with E-state index < -0.39 is 46.0 Å². The Labute approximate surface area is 186 Å². The van der Waals surface area contributed by atoms with Crippen LogP contribution < -0.4 is 21.2 Å². The number of sulfonamides is 1. The molecular formula is C17H29BN6O7S. The van der Waals surface area contributed by atoms with Gasteiger partial charge in [0.05, 0.1) is 10.8 Å². The average Bonchev–Trinajstić information content (AvgIpc) is 2.69. The lowest BCUT2D eigenvalue weighted by Gasteiger charge is -2.24. The summed E-state index contributed by atoms with van der Waals surface area (Å²) in [4.78, 5) is 26.8. The predicted octanol–water partition coefficient (Wildman–Crippen LogP) is -1.25. The van der Waals surface area contributed by atoms with Crippen LogP contribution in [0.5, 0.6) is 0 Å². The third-order valence-corrected chi connectivity index (χ3v) is 5.71. The molecule has 0 radical (unpaired) electrons. The molecule has 0 aliphatic carbocycles. The van der Waals surface area contributed by atoms with Gasteiger partial charge in [-0.05, 0) is 37.3 Å². The molecule has 0 bridgehead atoms. The maximum atomic E-state index is 12.8. The molecule has 1 rings (SSSR count). The zero-order valence-electron chi connectivity index (χ0n) is 17.8. The first-order chi connectivity index (χ1) is 14.9. The van der Waals surface area contributed by atoms with Crippen molar-refractivity contribution in [1.29, 1.82) is 0 Å². The predicted molar refractivity (Wildman–Crippen MR) is 118 cm³/mol. The summed E-state index contributed by atoms with van der Waals surface area (Å²) >= 11 is 0. The van der Waals surface area contributed by atoms with E-state index in [1.165, 1.54) is 24.3 Å². The number of aliphatic imine (C=N–C) groups is 1. The minimum Gasteiger partial charge on any atom is -0.426 e. The van der Waals surface area contributed by atoms with Crippen LogP contribution in [-0.2, 0) is 14.8 Å². The highest BCUT2D eigenvalue weighted by molar-refractivity contribution is 7.89. The second-order valence-corrected chi connectivity index (χ2v) is 9.14. The number of carbonyl (C=O) groups excluding carboxylic acids is 1. The molecule has 0 fully saturated rings. The van der Waals surface area contributed by atoms with Crippen molar-refractivity contribution in [1.82, 2.24) is 15.5 Å². The lowest BCUT2D eigenvalue weighted by Crippen LogP contribution is -2.54. The molecular weight excluding hydrogens is 443 g/mol. The lowest BCUT2D eigenvalue weighted by atomic mass is 9.75. The number of nitrogens with zero attached hydrogens (tertiary/aromatic N) is 2. The fraction of sp³-hybridized carbons (Fsp3) is 0.529. The van der Waals surface area contributed by atoms with E-state index >= 15 is 0 Å². The smallest absolute Gasteiger partial charge is 0.426 e. The third-order valence-electron chi connectivity index (χ3n) is 4.22. The number of hydrazine groups is 1. The molecule has 1 amide bonds. The Morgan fingerprint density at radius 1 is 1.28 bits per heavy atom. The summed E-state index contributed by atoms with van der Waals surface area (Å²) in [5, 5.41) is 31.0. The van der Waals surface area contributed by atoms with Crippen LogP contribution in [0, 0.1) is 16.0 Å². The molecule has 0 saturated carbocycles. The van der Waals surface area contributed by atoms with E-state index in [1.807, 2.05) is 13.8 Å². The van der Waals surface area contributed by atoms with E-state index in [0.29, 0.717) is 0 Å². The SMILES string of the molecule is CC(C)C[C@H](NC(=O)[C@H](CCCN=C(N)N[N+](=O)[O-])NS(=O)(=O)c1ccccc1)B(O)O. The van der Waals surface area contributed by atoms with Crippen molar-refractivity contribution in [2.45, 2.75) is 50.0 Å². The van der Waals surface area contributed by atoms with Gasteiger partial charge in [0.1, 0.15) is 6.04 Å². The molecule has 0 aliphatic rings. The molecule has 1 aromatic rings. The molecule has 0 saturated heterocycles. The number of nitrogens with two attached hydrogens (primary N) is 1. The maximum absolute atomic E-state index is 12.8. The minimum absolute atomic E-state index is 0.0123. The Hall–Kier alpha value is -2.75. The van der Waals surface area contributed by atoms with Gasteiger partial charge in [0, 0.05) is 6.54 Å². The number of amides is 1. The van der Waals surface area contributed by atoms with Crippen molar-refractivity contribution in [2.75, 3.05) is 6.54 Å². The molecule has 0 aliphatic heterocycles. The van der Waals surface area contributed by atoms with Crippen molar-refractivity contribution < 1.29 is 28.3 Å². The Balaban J connectivity index is 2.96. The van der Waals surface area contributed by atoms with Crippen LogP contribution in [0.4, 0.5) is 0 Å². The van der Waals surface area contributed by atoms with Crippen LogP contribution in [-0.4, -0.2) is 61.0 Å². The molecule has 0 spiro atoms. The van der Waals surface area contributed by atoms with Gasteiger partial charge in [-0.1, -0.05) is 37.5 Å². The summed E-state index contributed by atoms with van der Waals surface area (Å²) in [6.07, 6.45) is 0.393. The standard InChI is InChI=1S/C17H29BN6O7S/c1-12(2)11-15(18(26)27)21-16(25)14(9-6-10-20-17(19)22-24(28)29)23-32(30,31)13-7-4-3-5-8-13/h3-5,7-8,12,14-15,23,26-27H,6,9-11H2,1-2H3,(H,21,25)(H3,19,20,22)/t14-,15-/m0/s1. The first kappa shape index (κ1) is 27.3. The van der Waals surface area contributed by atoms with Gasteiger partial charge in [0.15, 0.2) is 5.03 Å². The topological polar surface area (TPSA) is 209 Å². The van der Waals surface area contributed by atoms with Gasteiger partial charge in [-0.25, -0.2) is 23.5 Å². The van der Waals surface area contributed by atoms with Crippen molar-refractivity contribution in [3.63, 3.8) is 0 Å². The first-order valence-electron chi connectivity index (χ1n) is 9.87. The summed E-state index contributed by atoms with van der Waals surface area (Å²) in [7, 11) is -5.88. The Morgan fingerprint density at radius 3 is 2.44 bits per heavy atom. The molecule has 13 nitrogen and oxygen atoms in total. The van der Waals surface area contributed by atoms with Crippen LogP contribution in [0.3, 0.4) is 0 Å². The average molecular weight is 472 g/mol. The van der Waals surface area contributed by atoms with Crippen LogP contribution in [0.1, 0.15) is 33.1 Å². The molecule has 1 aromatic carbocycles. The van der Waals surface area contributed by atoms with Crippen LogP contribution in [0.25, 0.3) is 0 Å². The Kier molecular flexibility index (Phi) is 11.0. The van der Waals surface area contributed by atoms with Crippen LogP contribution >= 0.6 is 0 Å². The van der Waals surface area contributed by atoms with Crippen molar-refractivity contribution >= 4 is 29.0 Å². The van der Waals surface area contributed by atoms with Gasteiger partial charge < -0.3 is 21.1 Å². The normalized spacial score (nSPS) is 14.0. The highest BCUT2D eigenvalue weighted by atomic mass is 32.2. The summed E-state index contributed by atoms with van der Waals surface area (Å²) in [5.74, 6) is -2.14. The van der Waals surface area contributed by atoms with Gasteiger partial charge in [-0.3, -0.25) is 4.79 Å². The number of hydrogen-bond donors (Lipinski definition) is 6. The van der Waals surface area contributed by atoms with E-state index in [1.54, 1.807) is 11.5 Å². The van der Waals surface area contributed by atoms with Crippen molar-refractivity contribution in [2.24, 2.45) is 16.6 Å². The quantitative estimate of drug-likeness (QED) is 0.0505. The molecule has 0 aromatic heterocycles. The molecule has 2 atom stereocenters. The maximum Gasteiger partial charge on any atom is 0.475 e. The number of guanidine groups is 1. The molecule has 0 unspecified atom stereocenters. The molecule has 0 heterocycles. The number of nitro groups is 1. The van der Waals surface area contributed by atoms with Gasteiger partial charge in [-0.15, -0.1) is 0 Å². The highest BCUT2D eigenvalue weighted by Gasteiger charge is 2.31. The van der Waals surface area contributed by atoms with Crippen molar-refractivity contribution in [3.05, 3.63) is 40.4 Å². The van der Waals surface area contributed by atoms with E-state index in [2.05, 4.69) is 15.0 Å². The fourth-order valence-corrected chi connectivity index (χ4v) is 4.02. The van der Waals surface area contributed by atoms with Gasteiger partial charge in [0.25, 0.3) is 5.96 Å². The molecule has 15 heteroatoms. The van der Waals surface area contributed by atoms with Gasteiger partial charge >= 0.3 is 7.12 Å². The number of nitrogens with one attached hydrogen (secondary N) is 3. The third kappa shape index (κ3) is 10.0. The van der Waals surface area contributed by atoms with E-state index in [0.717, 1.165) is 0 Å². The van der Waals surface area contributed by atoms with Crippen LogP contribution in [0.2, 0.25) is 0 Å². The number of hydrogen-bond acceptors (Lipinski definition) is 8. The van der Waals surface area contributed by atoms with E-state index in [4.69, 9.17) is 5.73 Å². The molecule has 7 N–H and O–H groups in total. The minimum atomic E-state index is -4.05. The molecule has 178 valence electrons. The number of carbonyl (C=O) groups is 1. The zero-order valence-corrected chi connectivity index (χ0v) is 18.7. The number of rotatable bonds is 13. The summed E-state index contributed by atoms with van der Waals surface area (Å²) in [6.45, 7) is 3.65. The van der Waals surface area contributed by atoms with Gasteiger partial charge in [-0.2, -0.15) is 4.72 Å². The summed E-state index contributed by atoms with van der Waals surface area (Å²) < 4.78 is 27.7. The Bertz CT molecular complexity index is 883. The zero-order chi connectivity index (χ0) is 24.3. The lowest BCUT2D eigenvalue weighted by molar-refractivity contribution is -0.525. The van der Waals surface area contributed by atoms with Gasteiger partial charge in [0.2, 0.25) is 15.9 Å². The Morgan fingerprint density at radius 2 is 1.91 bits per heavy atom. The van der Waals surface area contributed by atoms with E-state index in [-0.39, 0.29) is 36.6 Å². The van der Waals surface area contributed by atoms with E-state index in [9.17, 15) is 33.4 Å². The van der Waals surface area contributed by atoms with Crippen LogP contribution in [0.15, 0.2) is 40.2 Å². The monoisotopic (exact) mass is 472 g/mol. The highest BCUT2D eigenvalue weighted by Crippen LogP contribution is 2.12. The number of benzene rings is 1. The first-order valence-corrected chi connectivity index (χ1v) is 11.4. The molecule has 32 heavy (non-hydrogen) atoms. The van der Waals surface area contributed by atoms with Crippen molar-refractivity contribution in [3.8, 4) is 0 Å².